The van der Waals surface area contributed by atoms with E-state index in [9.17, 15) is 4.79 Å². The molecule has 2 aromatic heterocycles. The van der Waals surface area contributed by atoms with Crippen molar-refractivity contribution in [3.05, 3.63) is 66.2 Å². The average molecular weight is 377 g/mol. The molecule has 5 N–H and O–H groups in total. The van der Waals surface area contributed by atoms with Crippen molar-refractivity contribution in [3.8, 4) is 0 Å². The molecule has 8 nitrogen and oxygen atoms in total. The molecule has 8 heteroatoms. The van der Waals surface area contributed by atoms with Gasteiger partial charge in [0.05, 0.1) is 5.56 Å². The van der Waals surface area contributed by atoms with Gasteiger partial charge >= 0.3 is 0 Å². The first-order valence-electron chi connectivity index (χ1n) is 9.10. The van der Waals surface area contributed by atoms with Crippen LogP contribution in [0.15, 0.2) is 55.1 Å². The standard InChI is InChI=1S/C20H23N7O/c1-2-3-5-14-7-9-16(10-8-14)25-18-17(21)19(24-13-23-18)26-27-20(28)15-6-4-11-22-12-15/h4,6-13H,2-3,5,21H2,1H3,(H,27,28)(H2,23,24,25,26). The summed E-state index contributed by atoms with van der Waals surface area (Å²) < 4.78 is 0. The SMILES string of the molecule is CCCCc1ccc(Nc2ncnc(NNC(=O)c3cccnc3)c2N)cc1. The summed E-state index contributed by atoms with van der Waals surface area (Å²) in [6.45, 7) is 2.18. The van der Waals surface area contributed by atoms with Crippen LogP contribution in [0.1, 0.15) is 35.7 Å². The molecule has 0 atom stereocenters. The minimum absolute atomic E-state index is 0.295. The zero-order valence-electron chi connectivity index (χ0n) is 15.6. The van der Waals surface area contributed by atoms with Crippen molar-refractivity contribution in [2.24, 2.45) is 0 Å². The smallest absolute Gasteiger partial charge is 0.271 e. The Balaban J connectivity index is 1.65. The molecular formula is C20H23N7O. The number of amides is 1. The normalized spacial score (nSPS) is 10.3. The summed E-state index contributed by atoms with van der Waals surface area (Å²) in [7, 11) is 0. The molecule has 0 spiro atoms. The summed E-state index contributed by atoms with van der Waals surface area (Å²) in [4.78, 5) is 24.3. The molecule has 0 saturated carbocycles. The maximum absolute atomic E-state index is 12.1. The van der Waals surface area contributed by atoms with E-state index in [1.807, 2.05) is 12.1 Å². The fourth-order valence-electron chi connectivity index (χ4n) is 2.55. The summed E-state index contributed by atoms with van der Waals surface area (Å²) in [5, 5.41) is 3.18. The van der Waals surface area contributed by atoms with E-state index in [4.69, 9.17) is 5.73 Å². The number of hydrazine groups is 1. The number of nitrogens with one attached hydrogen (secondary N) is 3. The number of nitrogens with two attached hydrogens (primary N) is 1. The van der Waals surface area contributed by atoms with E-state index < -0.39 is 0 Å². The second-order valence-corrected chi connectivity index (χ2v) is 6.23. The third kappa shape index (κ3) is 4.94. The monoisotopic (exact) mass is 377 g/mol. The van der Waals surface area contributed by atoms with Gasteiger partial charge in [0.2, 0.25) is 0 Å². The van der Waals surface area contributed by atoms with E-state index in [-0.39, 0.29) is 5.91 Å². The Kier molecular flexibility index (Phi) is 6.35. The summed E-state index contributed by atoms with van der Waals surface area (Å²) >= 11 is 0. The molecule has 0 fully saturated rings. The fourth-order valence-corrected chi connectivity index (χ4v) is 2.55. The van der Waals surface area contributed by atoms with Gasteiger partial charge in [-0.15, -0.1) is 0 Å². The first-order valence-corrected chi connectivity index (χ1v) is 9.10. The molecular weight excluding hydrogens is 354 g/mol. The van der Waals surface area contributed by atoms with Gasteiger partial charge < -0.3 is 11.1 Å². The molecule has 0 aliphatic heterocycles. The van der Waals surface area contributed by atoms with Crippen LogP contribution in [0.2, 0.25) is 0 Å². The van der Waals surface area contributed by atoms with Crippen molar-refractivity contribution >= 4 is 28.9 Å². The first kappa shape index (κ1) is 19.1. The largest absolute Gasteiger partial charge is 0.393 e. The number of aromatic nitrogens is 3. The number of pyridine rings is 1. The Morgan fingerprint density at radius 3 is 2.61 bits per heavy atom. The third-order valence-corrected chi connectivity index (χ3v) is 4.14. The second-order valence-electron chi connectivity index (χ2n) is 6.23. The number of benzene rings is 1. The number of hydrogen-bond donors (Lipinski definition) is 4. The van der Waals surface area contributed by atoms with E-state index >= 15 is 0 Å². The maximum atomic E-state index is 12.1. The van der Waals surface area contributed by atoms with Crippen LogP contribution in [0, 0.1) is 0 Å². The number of hydrogen-bond acceptors (Lipinski definition) is 7. The van der Waals surface area contributed by atoms with Crippen LogP contribution in [-0.4, -0.2) is 20.9 Å². The van der Waals surface area contributed by atoms with Crippen molar-refractivity contribution in [2.45, 2.75) is 26.2 Å². The van der Waals surface area contributed by atoms with E-state index in [1.165, 1.54) is 30.9 Å². The lowest BCUT2D eigenvalue weighted by Crippen LogP contribution is -2.30. The predicted octanol–water partition coefficient (Wildman–Crippen LogP) is 3.30. The Hall–Kier alpha value is -3.68. The second kappa shape index (κ2) is 9.31. The molecule has 0 aliphatic rings. The highest BCUT2D eigenvalue weighted by atomic mass is 16.2. The van der Waals surface area contributed by atoms with Gasteiger partial charge in [-0.1, -0.05) is 25.5 Å². The Labute approximate surface area is 163 Å². The van der Waals surface area contributed by atoms with Gasteiger partial charge in [-0.05, 0) is 42.7 Å². The molecule has 0 aliphatic carbocycles. The number of carbonyl (C=O) groups excluding carboxylic acids is 1. The Bertz CT molecular complexity index is 914. The molecule has 0 saturated heterocycles. The summed E-state index contributed by atoms with van der Waals surface area (Å²) in [6, 6.07) is 11.5. The molecule has 144 valence electrons. The highest BCUT2D eigenvalue weighted by Crippen LogP contribution is 2.25. The van der Waals surface area contributed by atoms with E-state index in [0.717, 1.165) is 12.1 Å². The highest BCUT2D eigenvalue weighted by molar-refractivity contribution is 5.94. The van der Waals surface area contributed by atoms with Crippen LogP contribution < -0.4 is 21.9 Å². The third-order valence-electron chi connectivity index (χ3n) is 4.14. The van der Waals surface area contributed by atoms with Crippen molar-refractivity contribution in [1.29, 1.82) is 0 Å². The number of nitrogens with zero attached hydrogens (tertiary/aromatic N) is 3. The van der Waals surface area contributed by atoms with Crippen LogP contribution in [0.5, 0.6) is 0 Å². The van der Waals surface area contributed by atoms with Gasteiger partial charge in [0.1, 0.15) is 12.0 Å². The topological polar surface area (TPSA) is 118 Å². The molecule has 0 bridgehead atoms. The van der Waals surface area contributed by atoms with Crippen molar-refractivity contribution < 1.29 is 4.79 Å². The number of unbranched alkanes of at least 4 members (excludes halogenated alkanes) is 1. The van der Waals surface area contributed by atoms with Crippen LogP contribution in [0.25, 0.3) is 0 Å². The lowest BCUT2D eigenvalue weighted by molar-refractivity contribution is 0.0962. The lowest BCUT2D eigenvalue weighted by atomic mass is 10.1. The van der Waals surface area contributed by atoms with Gasteiger partial charge in [-0.25, -0.2) is 9.97 Å². The van der Waals surface area contributed by atoms with Crippen molar-refractivity contribution in [1.82, 2.24) is 20.4 Å². The Morgan fingerprint density at radius 2 is 1.89 bits per heavy atom. The summed E-state index contributed by atoms with van der Waals surface area (Å²) in [6.07, 6.45) is 7.85. The molecule has 1 aromatic carbocycles. The first-order chi connectivity index (χ1) is 13.7. The average Bonchev–Trinajstić information content (AvgIpc) is 2.74. The lowest BCUT2D eigenvalue weighted by Gasteiger charge is -2.13. The number of carbonyl (C=O) groups is 1. The van der Waals surface area contributed by atoms with E-state index in [1.54, 1.807) is 18.3 Å². The fraction of sp³-hybridized carbons (Fsp3) is 0.200. The van der Waals surface area contributed by atoms with Gasteiger partial charge in [0, 0.05) is 18.1 Å². The molecule has 3 rings (SSSR count). The maximum Gasteiger partial charge on any atom is 0.271 e. The Morgan fingerprint density at radius 1 is 1.11 bits per heavy atom. The number of anilines is 4. The van der Waals surface area contributed by atoms with Crippen LogP contribution in [-0.2, 0) is 6.42 Å². The number of aryl methyl sites for hydroxylation is 1. The van der Waals surface area contributed by atoms with Gasteiger partial charge in [0.25, 0.3) is 5.91 Å². The minimum Gasteiger partial charge on any atom is -0.393 e. The van der Waals surface area contributed by atoms with Gasteiger partial charge in [-0.3, -0.25) is 20.6 Å². The molecule has 0 radical (unpaired) electrons. The molecule has 0 unspecified atom stereocenters. The number of rotatable bonds is 8. The molecule has 28 heavy (non-hydrogen) atoms. The predicted molar refractivity (Wildman–Crippen MR) is 110 cm³/mol. The van der Waals surface area contributed by atoms with E-state index in [2.05, 4.69) is 50.2 Å². The molecule has 3 aromatic rings. The van der Waals surface area contributed by atoms with Crippen LogP contribution >= 0.6 is 0 Å². The van der Waals surface area contributed by atoms with E-state index in [0.29, 0.717) is 22.9 Å². The summed E-state index contributed by atoms with van der Waals surface area (Å²) in [5.41, 5.74) is 14.3. The number of nitrogen functional groups attached to an aromatic ring is 1. The quantitative estimate of drug-likeness (QED) is 0.445. The van der Waals surface area contributed by atoms with Gasteiger partial charge in [-0.2, -0.15) is 0 Å². The van der Waals surface area contributed by atoms with Crippen molar-refractivity contribution in [3.63, 3.8) is 0 Å². The highest BCUT2D eigenvalue weighted by Gasteiger charge is 2.10. The van der Waals surface area contributed by atoms with Crippen LogP contribution in [0.3, 0.4) is 0 Å². The summed E-state index contributed by atoms with van der Waals surface area (Å²) in [5.74, 6) is 0.409. The zero-order chi connectivity index (χ0) is 19.8. The van der Waals surface area contributed by atoms with Crippen molar-refractivity contribution in [2.75, 3.05) is 16.5 Å². The molecule has 2 heterocycles. The van der Waals surface area contributed by atoms with Gasteiger partial charge in [0.15, 0.2) is 11.6 Å². The minimum atomic E-state index is -0.344. The van der Waals surface area contributed by atoms with Crippen LogP contribution in [0.4, 0.5) is 23.0 Å². The zero-order valence-corrected chi connectivity index (χ0v) is 15.6. The molecule has 1 amide bonds.